The zero-order chi connectivity index (χ0) is 54.0. The number of nitrogens with zero attached hydrogens (tertiary/aromatic N) is 14. The quantitative estimate of drug-likeness (QED) is 0.0290. The minimum Gasteiger partial charge on any atom is -0.371 e. The topological polar surface area (TPSA) is 132 Å². The van der Waals surface area contributed by atoms with Gasteiger partial charge in [-0.15, -0.1) is 0 Å². The minimum absolute atomic E-state index is 0.446. The smallest absolute Gasteiger partial charge is 0.216 e. The van der Waals surface area contributed by atoms with Crippen LogP contribution in [0.5, 0.6) is 0 Å². The van der Waals surface area contributed by atoms with Crippen LogP contribution in [0, 0.1) is 71.6 Å². The highest BCUT2D eigenvalue weighted by Crippen LogP contribution is 2.41. The average Bonchev–Trinajstić information content (AvgIpc) is 3.46. The molecule has 0 aliphatic carbocycles. The standard InChI is InChI=1S/C62H68N14/c1-67-41-13-49-73(50-14-42-68-2)55-21-29-59(30-22-55)76(60-31-23-56(24-32-60)74(51-15-43-69-3)52-16-44-70-4)62-35-33-61(34-36-62)75(57-25-17-53(18-26-57)71(45-9-5-37-63)46-10-6-38-64)58-27-19-54(20-28-58)72(47-11-7-39-65)48-12-8-40-66/h17-36H,5-16,41-52H2. The number of unbranched alkanes of at least 4 members (excludes halogenated alkanes) is 4. The summed E-state index contributed by atoms with van der Waals surface area (Å²) in [5.41, 5.74) is 9.75. The van der Waals surface area contributed by atoms with E-state index in [1.54, 1.807) is 0 Å². The second kappa shape index (κ2) is 33.5. The summed E-state index contributed by atoms with van der Waals surface area (Å²) in [6.07, 6.45) is 7.69. The Kier molecular flexibility index (Phi) is 25.5. The average molecular weight is 1010 g/mol. The van der Waals surface area contributed by atoms with Crippen molar-refractivity contribution in [2.24, 2.45) is 0 Å². The van der Waals surface area contributed by atoms with Crippen molar-refractivity contribution >= 4 is 56.9 Å². The number of hydrogen-bond donors (Lipinski definition) is 0. The highest BCUT2D eigenvalue weighted by atomic mass is 15.2. The van der Waals surface area contributed by atoms with Gasteiger partial charge in [-0.3, -0.25) is 0 Å². The largest absolute Gasteiger partial charge is 0.371 e. The van der Waals surface area contributed by atoms with Crippen LogP contribution in [0.1, 0.15) is 77.0 Å². The lowest BCUT2D eigenvalue weighted by Crippen LogP contribution is -2.26. The molecule has 5 rings (SSSR count). The van der Waals surface area contributed by atoms with Crippen LogP contribution in [0.3, 0.4) is 0 Å². The molecule has 0 saturated heterocycles. The van der Waals surface area contributed by atoms with Crippen molar-refractivity contribution in [2.45, 2.75) is 77.0 Å². The molecule has 0 fully saturated rings. The maximum Gasteiger partial charge on any atom is 0.216 e. The molecule has 0 amide bonds. The van der Waals surface area contributed by atoms with E-state index in [0.29, 0.717) is 78.0 Å². The van der Waals surface area contributed by atoms with Gasteiger partial charge in [0.05, 0.1) is 24.3 Å². The third-order valence-corrected chi connectivity index (χ3v) is 12.9. The van der Waals surface area contributed by atoms with Gasteiger partial charge in [0.15, 0.2) is 0 Å². The van der Waals surface area contributed by atoms with Crippen molar-refractivity contribution in [1.82, 2.24) is 0 Å². The molecule has 0 spiro atoms. The van der Waals surface area contributed by atoms with Crippen LogP contribution >= 0.6 is 0 Å². The molecule has 0 unspecified atom stereocenters. The lowest BCUT2D eigenvalue weighted by atomic mass is 10.1. The van der Waals surface area contributed by atoms with E-state index < -0.39 is 0 Å². The van der Waals surface area contributed by atoms with E-state index in [-0.39, 0.29) is 0 Å². The van der Waals surface area contributed by atoms with Crippen LogP contribution in [0.25, 0.3) is 19.4 Å². The molecule has 0 radical (unpaired) electrons. The molecule has 14 nitrogen and oxygen atoms in total. The van der Waals surface area contributed by atoms with E-state index in [4.69, 9.17) is 26.3 Å². The highest BCUT2D eigenvalue weighted by Gasteiger charge is 2.20. The van der Waals surface area contributed by atoms with E-state index in [1.807, 2.05) is 0 Å². The Bertz CT molecular complexity index is 2390. The number of rotatable bonds is 34. The fraction of sp³-hybridized carbons (Fsp3) is 0.387. The molecular formula is C62H68N14. The number of hydrogen-bond acceptors (Lipinski definition) is 10. The van der Waals surface area contributed by atoms with Crippen LogP contribution in [0.15, 0.2) is 121 Å². The maximum atomic E-state index is 9.29. The molecule has 0 bridgehead atoms. The van der Waals surface area contributed by atoms with Gasteiger partial charge >= 0.3 is 0 Å². The molecule has 0 aliphatic rings. The summed E-state index contributed by atoms with van der Waals surface area (Å²) in [5, 5.41) is 37.1. The second-order valence-electron chi connectivity index (χ2n) is 18.2. The van der Waals surface area contributed by atoms with Crippen LogP contribution in [0.2, 0.25) is 0 Å². The van der Waals surface area contributed by atoms with Crippen molar-refractivity contribution in [3.63, 3.8) is 0 Å². The Morgan fingerprint density at radius 3 is 0.579 bits per heavy atom. The van der Waals surface area contributed by atoms with Gasteiger partial charge in [0, 0.05) is 161 Å². The molecule has 14 heteroatoms. The summed E-state index contributed by atoms with van der Waals surface area (Å²) in [4.78, 5) is 27.8. The summed E-state index contributed by atoms with van der Waals surface area (Å²) in [5.74, 6) is 0. The van der Waals surface area contributed by atoms with Crippen LogP contribution in [-0.2, 0) is 0 Å². The van der Waals surface area contributed by atoms with Gasteiger partial charge in [0.25, 0.3) is 0 Å². The van der Waals surface area contributed by atoms with Crippen molar-refractivity contribution in [3.05, 3.63) is 167 Å². The predicted molar refractivity (Wildman–Crippen MR) is 308 cm³/mol. The maximum absolute atomic E-state index is 9.29. The molecule has 5 aromatic rings. The van der Waals surface area contributed by atoms with E-state index in [9.17, 15) is 21.0 Å². The van der Waals surface area contributed by atoms with Gasteiger partial charge in [0.2, 0.25) is 26.2 Å². The minimum atomic E-state index is 0.446. The Balaban J connectivity index is 1.59. The summed E-state index contributed by atoms with van der Waals surface area (Å²) >= 11 is 0. The van der Waals surface area contributed by atoms with E-state index in [0.717, 1.165) is 134 Å². The molecule has 0 aliphatic heterocycles. The monoisotopic (exact) mass is 1010 g/mol. The lowest BCUT2D eigenvalue weighted by Gasteiger charge is -2.30. The van der Waals surface area contributed by atoms with Gasteiger partial charge in [0.1, 0.15) is 0 Å². The van der Waals surface area contributed by atoms with Gasteiger partial charge in [-0.25, -0.2) is 26.3 Å². The fourth-order valence-corrected chi connectivity index (χ4v) is 9.13. The van der Waals surface area contributed by atoms with Crippen molar-refractivity contribution in [2.75, 3.05) is 108 Å². The van der Waals surface area contributed by atoms with Gasteiger partial charge < -0.3 is 48.8 Å². The Labute approximate surface area is 452 Å². The van der Waals surface area contributed by atoms with Crippen LogP contribution in [0.4, 0.5) is 56.9 Å². The molecule has 0 heterocycles. The predicted octanol–water partition coefficient (Wildman–Crippen LogP) is 14.3. The number of benzene rings is 5. The molecule has 0 aromatic heterocycles. The SMILES string of the molecule is [C-]#[N+]CCCN(CCC[N+]#[C-])c1ccc(N(c2ccc(N(CCC[N+]#[C-])CCC[N+]#[C-])cc2)c2ccc(N(c3ccc(N(CCCC#N)CCCC#N)cc3)c3ccc(N(CCCC#N)CCCC#N)cc3)cc2)cc1. The Morgan fingerprint density at radius 2 is 0.421 bits per heavy atom. The number of anilines is 10. The van der Waals surface area contributed by atoms with Crippen molar-refractivity contribution in [1.29, 1.82) is 21.0 Å². The van der Waals surface area contributed by atoms with Gasteiger partial charge in [-0.05, 0) is 147 Å². The first-order valence-corrected chi connectivity index (χ1v) is 26.3. The molecule has 0 saturated carbocycles. The molecule has 0 N–H and O–H groups in total. The Hall–Kier alpha value is -9.18. The summed E-state index contributed by atoms with van der Waals surface area (Å²) in [6, 6.07) is 51.4. The molecule has 5 aromatic carbocycles. The first-order chi connectivity index (χ1) is 37.4. The van der Waals surface area contributed by atoms with Crippen molar-refractivity contribution in [3.8, 4) is 24.3 Å². The summed E-state index contributed by atoms with van der Waals surface area (Å²) in [6.45, 7) is 36.9. The lowest BCUT2D eigenvalue weighted by molar-refractivity contribution is 0.708. The first kappa shape index (κ1) is 57.7. The second-order valence-corrected chi connectivity index (χ2v) is 18.2. The van der Waals surface area contributed by atoms with E-state index >= 15 is 0 Å². The molecule has 0 atom stereocenters. The number of nitriles is 4. The fourth-order valence-electron chi connectivity index (χ4n) is 9.13. The van der Waals surface area contributed by atoms with Crippen molar-refractivity contribution < 1.29 is 0 Å². The normalized spacial score (nSPS) is 10.2. The van der Waals surface area contributed by atoms with E-state index in [1.165, 1.54) is 0 Å². The summed E-state index contributed by atoms with van der Waals surface area (Å²) in [7, 11) is 0. The molecule has 76 heavy (non-hydrogen) atoms. The van der Waals surface area contributed by atoms with E-state index in [2.05, 4.69) is 194 Å². The van der Waals surface area contributed by atoms with Gasteiger partial charge in [-0.1, -0.05) is 0 Å². The first-order valence-electron chi connectivity index (χ1n) is 26.3. The Morgan fingerprint density at radius 1 is 0.263 bits per heavy atom. The third kappa shape index (κ3) is 18.1. The highest BCUT2D eigenvalue weighted by molar-refractivity contribution is 5.82. The summed E-state index contributed by atoms with van der Waals surface area (Å²) < 4.78 is 0. The zero-order valence-corrected chi connectivity index (χ0v) is 43.8. The molecule has 386 valence electrons. The molecular weight excluding hydrogens is 941 g/mol. The third-order valence-electron chi connectivity index (χ3n) is 12.9. The van der Waals surface area contributed by atoms with Crippen LogP contribution < -0.4 is 29.4 Å². The van der Waals surface area contributed by atoms with Crippen LogP contribution in [-0.4, -0.2) is 78.5 Å². The zero-order valence-electron chi connectivity index (χ0n) is 43.8. The van der Waals surface area contributed by atoms with Gasteiger partial charge in [-0.2, -0.15) is 21.0 Å².